The molecular formula is C26H40O5. The Bertz CT molecular complexity index is 735. The van der Waals surface area contributed by atoms with Gasteiger partial charge in [-0.2, -0.15) is 0 Å². The summed E-state index contributed by atoms with van der Waals surface area (Å²) < 4.78 is 11.6. The van der Waals surface area contributed by atoms with Crippen molar-refractivity contribution >= 4 is 0 Å². The molecule has 5 rings (SSSR count). The molecule has 31 heavy (non-hydrogen) atoms. The third-order valence-corrected chi connectivity index (χ3v) is 10.2. The van der Waals surface area contributed by atoms with Gasteiger partial charge >= 0.3 is 0 Å². The lowest BCUT2D eigenvalue weighted by Crippen LogP contribution is -2.55. The standard InChI is InChI=1S/C26H40O5/c1-4-15-6-8-19-18-7-5-16-13-17(31-24-23(29)22(28)21(27)14-30-24)9-11-26(16,3)20(18)10-12-25(15,19)2/h4-5,15,17-24,27-29H,1,6-14H2,2-3H3/t15-,17-,18?,19?,20?,21+,22-,23+,24-,25+,26-/m0/s1. The third-order valence-electron chi connectivity index (χ3n) is 10.2. The van der Waals surface area contributed by atoms with E-state index < -0.39 is 24.6 Å². The van der Waals surface area contributed by atoms with E-state index in [1.54, 1.807) is 0 Å². The maximum absolute atomic E-state index is 10.2. The van der Waals surface area contributed by atoms with Crippen molar-refractivity contribution in [1.29, 1.82) is 0 Å². The van der Waals surface area contributed by atoms with Crippen LogP contribution in [0.25, 0.3) is 0 Å². The highest BCUT2D eigenvalue weighted by Gasteiger charge is 2.58. The maximum Gasteiger partial charge on any atom is 0.186 e. The molecule has 3 N–H and O–H groups in total. The van der Waals surface area contributed by atoms with E-state index in [2.05, 4.69) is 32.6 Å². The van der Waals surface area contributed by atoms with Crippen molar-refractivity contribution in [2.24, 2.45) is 34.5 Å². The maximum atomic E-state index is 10.2. The Balaban J connectivity index is 1.29. The fourth-order valence-electron chi connectivity index (χ4n) is 8.26. The summed E-state index contributed by atoms with van der Waals surface area (Å²) in [5, 5.41) is 29.9. The molecule has 174 valence electrons. The highest BCUT2D eigenvalue weighted by Crippen LogP contribution is 2.66. The third kappa shape index (κ3) is 3.38. The van der Waals surface area contributed by atoms with Crippen LogP contribution in [-0.4, -0.2) is 52.6 Å². The van der Waals surface area contributed by atoms with Crippen LogP contribution in [0.15, 0.2) is 24.3 Å². The van der Waals surface area contributed by atoms with E-state index in [9.17, 15) is 15.3 Å². The van der Waals surface area contributed by atoms with Crippen LogP contribution in [0.5, 0.6) is 0 Å². The molecule has 0 amide bonds. The lowest BCUT2D eigenvalue weighted by Gasteiger charge is -2.58. The molecule has 5 aliphatic rings. The first-order valence-electron chi connectivity index (χ1n) is 12.4. The van der Waals surface area contributed by atoms with Gasteiger partial charge in [-0.3, -0.25) is 0 Å². The molecule has 3 saturated carbocycles. The molecule has 5 heteroatoms. The number of rotatable bonds is 3. The van der Waals surface area contributed by atoms with Gasteiger partial charge in [0.2, 0.25) is 0 Å². The monoisotopic (exact) mass is 432 g/mol. The minimum absolute atomic E-state index is 0.00830. The van der Waals surface area contributed by atoms with E-state index in [1.165, 1.54) is 37.7 Å². The Kier molecular flexibility index (Phi) is 5.66. The molecule has 0 aromatic rings. The molecule has 4 fully saturated rings. The number of hydrogen-bond donors (Lipinski definition) is 3. The highest BCUT2D eigenvalue weighted by molar-refractivity contribution is 5.25. The zero-order valence-electron chi connectivity index (χ0n) is 19.1. The summed E-state index contributed by atoms with van der Waals surface area (Å²) in [7, 11) is 0. The van der Waals surface area contributed by atoms with Crippen LogP contribution in [-0.2, 0) is 9.47 Å². The SMILES string of the molecule is C=C[C@H]1CCC2C3CC=C4C[C@@H](O[C@@H]5OC[C@@H](O)[C@H](O)[C@H]5O)CC[C@]4(C)C3CC[C@@]21C. The number of fused-ring (bicyclic) bond motifs is 5. The smallest absolute Gasteiger partial charge is 0.186 e. The van der Waals surface area contributed by atoms with Gasteiger partial charge < -0.3 is 24.8 Å². The second-order valence-corrected chi connectivity index (χ2v) is 11.5. The second kappa shape index (κ2) is 7.95. The van der Waals surface area contributed by atoms with Gasteiger partial charge in [0.1, 0.15) is 18.3 Å². The van der Waals surface area contributed by atoms with Gasteiger partial charge in [-0.05, 0) is 85.9 Å². The average molecular weight is 433 g/mol. The van der Waals surface area contributed by atoms with Crippen molar-refractivity contribution in [2.45, 2.75) is 95.9 Å². The molecule has 0 radical (unpaired) electrons. The van der Waals surface area contributed by atoms with Gasteiger partial charge in [0.15, 0.2) is 6.29 Å². The largest absolute Gasteiger partial charge is 0.388 e. The van der Waals surface area contributed by atoms with Crippen LogP contribution in [0.2, 0.25) is 0 Å². The van der Waals surface area contributed by atoms with Gasteiger partial charge in [-0.25, -0.2) is 0 Å². The predicted molar refractivity (Wildman–Crippen MR) is 118 cm³/mol. The summed E-state index contributed by atoms with van der Waals surface area (Å²) in [6, 6.07) is 0. The van der Waals surface area contributed by atoms with Crippen molar-refractivity contribution in [3.8, 4) is 0 Å². The van der Waals surface area contributed by atoms with Crippen LogP contribution >= 0.6 is 0 Å². The van der Waals surface area contributed by atoms with Crippen LogP contribution in [0.4, 0.5) is 0 Å². The van der Waals surface area contributed by atoms with Gasteiger partial charge in [0, 0.05) is 0 Å². The highest BCUT2D eigenvalue weighted by atomic mass is 16.7. The normalized spacial score (nSPS) is 54.4. The summed E-state index contributed by atoms with van der Waals surface area (Å²) >= 11 is 0. The Morgan fingerprint density at radius 1 is 1.06 bits per heavy atom. The van der Waals surface area contributed by atoms with E-state index >= 15 is 0 Å². The first-order valence-corrected chi connectivity index (χ1v) is 12.4. The molecule has 1 saturated heterocycles. The summed E-state index contributed by atoms with van der Waals surface area (Å²) in [4.78, 5) is 0. The van der Waals surface area contributed by atoms with Crippen LogP contribution in [0, 0.1) is 34.5 Å². The van der Waals surface area contributed by atoms with Crippen molar-refractivity contribution in [3.63, 3.8) is 0 Å². The summed E-state index contributed by atoms with van der Waals surface area (Å²) in [5.74, 6) is 3.03. The minimum Gasteiger partial charge on any atom is -0.388 e. The Morgan fingerprint density at radius 3 is 2.65 bits per heavy atom. The minimum atomic E-state index is -1.22. The van der Waals surface area contributed by atoms with Gasteiger partial charge in [0.25, 0.3) is 0 Å². The van der Waals surface area contributed by atoms with E-state index in [-0.39, 0.29) is 18.1 Å². The number of aliphatic hydroxyl groups is 3. The topological polar surface area (TPSA) is 79.2 Å². The lowest BCUT2D eigenvalue weighted by atomic mass is 9.47. The number of aliphatic hydroxyl groups excluding tert-OH is 3. The molecule has 4 aliphatic carbocycles. The van der Waals surface area contributed by atoms with Crippen LogP contribution < -0.4 is 0 Å². The molecule has 1 heterocycles. The summed E-state index contributed by atoms with van der Waals surface area (Å²) in [6.45, 7) is 9.16. The second-order valence-electron chi connectivity index (χ2n) is 11.5. The fourth-order valence-corrected chi connectivity index (χ4v) is 8.26. The molecular weight excluding hydrogens is 392 g/mol. The quantitative estimate of drug-likeness (QED) is 0.594. The molecule has 5 nitrogen and oxygen atoms in total. The van der Waals surface area contributed by atoms with Crippen molar-refractivity contribution in [2.75, 3.05) is 6.61 Å². The Morgan fingerprint density at radius 2 is 1.87 bits per heavy atom. The first kappa shape index (κ1) is 22.1. The van der Waals surface area contributed by atoms with Crippen LogP contribution in [0.1, 0.15) is 65.2 Å². The van der Waals surface area contributed by atoms with E-state index in [4.69, 9.17) is 9.47 Å². The zero-order valence-corrected chi connectivity index (χ0v) is 19.1. The van der Waals surface area contributed by atoms with Crippen molar-refractivity contribution < 1.29 is 24.8 Å². The molecule has 0 aromatic heterocycles. The summed E-state index contributed by atoms with van der Waals surface area (Å²) in [5.41, 5.74) is 2.21. The van der Waals surface area contributed by atoms with Crippen LogP contribution in [0.3, 0.4) is 0 Å². The van der Waals surface area contributed by atoms with Crippen molar-refractivity contribution in [1.82, 2.24) is 0 Å². The van der Waals surface area contributed by atoms with Gasteiger partial charge in [-0.15, -0.1) is 6.58 Å². The molecule has 0 spiro atoms. The molecule has 1 aliphatic heterocycles. The summed E-state index contributed by atoms with van der Waals surface area (Å²) in [6.07, 6.45) is 9.78. The fraction of sp³-hybridized carbons (Fsp3) is 0.846. The Labute approximate surface area is 186 Å². The Hall–Kier alpha value is -0.720. The van der Waals surface area contributed by atoms with E-state index in [1.807, 2.05) is 0 Å². The predicted octanol–water partition coefficient (Wildman–Crippen LogP) is 3.58. The number of allylic oxidation sites excluding steroid dienone is 2. The lowest BCUT2D eigenvalue weighted by molar-refractivity contribution is -0.284. The molecule has 0 aromatic carbocycles. The zero-order chi connectivity index (χ0) is 22.0. The van der Waals surface area contributed by atoms with Gasteiger partial charge in [0.05, 0.1) is 12.7 Å². The van der Waals surface area contributed by atoms with Crippen molar-refractivity contribution in [3.05, 3.63) is 24.3 Å². The number of ether oxygens (including phenoxy) is 2. The average Bonchev–Trinajstić information content (AvgIpc) is 3.10. The van der Waals surface area contributed by atoms with E-state index in [0.717, 1.165) is 37.0 Å². The number of hydrogen-bond acceptors (Lipinski definition) is 5. The first-order chi connectivity index (χ1) is 14.8. The van der Waals surface area contributed by atoms with E-state index in [0.29, 0.717) is 11.3 Å². The molecule has 3 unspecified atom stereocenters. The molecule has 0 bridgehead atoms. The molecule has 11 atom stereocenters. The van der Waals surface area contributed by atoms with Gasteiger partial charge in [-0.1, -0.05) is 31.6 Å².